The number of rotatable bonds is 17. The number of hydrogen-bond donors (Lipinski definition) is 1. The highest BCUT2D eigenvalue weighted by atomic mass is 16.6. The van der Waals surface area contributed by atoms with Crippen LogP contribution in [0.4, 0.5) is 0 Å². The van der Waals surface area contributed by atoms with Crippen LogP contribution in [0, 0.1) is 5.92 Å². The second-order valence-corrected chi connectivity index (χ2v) is 12.8. The van der Waals surface area contributed by atoms with Crippen LogP contribution in [0.5, 0.6) is 0 Å². The van der Waals surface area contributed by atoms with E-state index in [4.69, 9.17) is 4.74 Å². The van der Waals surface area contributed by atoms with Gasteiger partial charge >= 0.3 is 5.97 Å². The van der Waals surface area contributed by atoms with Crippen LogP contribution in [0.3, 0.4) is 0 Å². The Bertz CT molecular complexity index is 1010. The van der Waals surface area contributed by atoms with Crippen LogP contribution in [0.25, 0.3) is 0 Å². The summed E-state index contributed by atoms with van der Waals surface area (Å²) < 4.78 is 6.64. The third-order valence-electron chi connectivity index (χ3n) is 8.52. The Balaban J connectivity index is 0.000000304. The number of aliphatic hydroxyl groups is 1. The number of esters is 1. The summed E-state index contributed by atoms with van der Waals surface area (Å²) in [4.78, 5) is 23.1. The Morgan fingerprint density at radius 1 is 0.907 bits per heavy atom. The van der Waals surface area contributed by atoms with E-state index in [1.807, 2.05) is 30.3 Å². The van der Waals surface area contributed by atoms with Crippen LogP contribution >= 0.6 is 0 Å². The van der Waals surface area contributed by atoms with Crippen molar-refractivity contribution in [2.24, 2.45) is 5.92 Å². The zero-order chi connectivity index (χ0) is 31.4. The first-order valence-corrected chi connectivity index (χ1v) is 16.6. The van der Waals surface area contributed by atoms with Crippen molar-refractivity contribution in [3.63, 3.8) is 0 Å². The van der Waals surface area contributed by atoms with Crippen LogP contribution in [-0.2, 0) is 19.9 Å². The standard InChI is InChI=1S/C19H28NO3.C18H30O2/c1-20(2)13-12-17(14-20)23-18(21)19(22,16-10-6-7-11-16)15-8-4-3-5-9-15;1-2-3-4-5-6-7-8-9-10-11-12-13-14-15-16-17-18(19)20/h3-5,8-9,16-17,22H,6-7,10-14H2,1-2H3;6-7,9-10,12-13H,2-5,8,11,14-17H2,1H3,(H,19,20)/q+1;/p-1/b;7-6-,10-9-,13-12-. The molecule has 1 aromatic carbocycles. The monoisotopic (exact) mass is 595 g/mol. The molecule has 1 saturated heterocycles. The average molecular weight is 596 g/mol. The summed E-state index contributed by atoms with van der Waals surface area (Å²) in [5.41, 5.74) is -0.832. The second-order valence-electron chi connectivity index (χ2n) is 12.8. The SMILES string of the molecule is CCCCC/C=C\C/C=C\C/C=C\CCCCC(=O)[O-].C[N+]1(C)CCC(OC(=O)C(O)(c2ccccc2)C2CCCC2)C1. The summed E-state index contributed by atoms with van der Waals surface area (Å²) in [6.07, 6.45) is 27.7. The molecule has 2 atom stereocenters. The fourth-order valence-electron chi connectivity index (χ4n) is 5.94. The number of carboxylic acid groups (broad SMARTS) is 1. The molecule has 1 aliphatic heterocycles. The third-order valence-corrected chi connectivity index (χ3v) is 8.52. The molecule has 6 nitrogen and oxygen atoms in total. The molecule has 2 unspecified atom stereocenters. The Labute approximate surface area is 261 Å². The lowest BCUT2D eigenvalue weighted by molar-refractivity contribution is -0.879. The number of quaternary nitrogens is 1. The Kier molecular flexibility index (Phi) is 17.2. The van der Waals surface area contributed by atoms with Crippen LogP contribution < -0.4 is 5.11 Å². The minimum absolute atomic E-state index is 0.0405. The van der Waals surface area contributed by atoms with Gasteiger partial charge in [-0.25, -0.2) is 4.79 Å². The fourth-order valence-corrected chi connectivity index (χ4v) is 5.94. The smallest absolute Gasteiger partial charge is 0.343 e. The van der Waals surface area contributed by atoms with Gasteiger partial charge in [0.1, 0.15) is 6.54 Å². The molecule has 1 heterocycles. The molecule has 0 radical (unpaired) electrons. The van der Waals surface area contributed by atoms with Gasteiger partial charge in [-0.05, 0) is 69.8 Å². The van der Waals surface area contributed by atoms with Gasteiger partial charge in [0, 0.05) is 18.3 Å². The molecule has 0 bridgehead atoms. The van der Waals surface area contributed by atoms with Gasteiger partial charge in [-0.3, -0.25) is 0 Å². The van der Waals surface area contributed by atoms with E-state index in [0.29, 0.717) is 12.0 Å². The summed E-state index contributed by atoms with van der Waals surface area (Å²) in [6, 6.07) is 9.33. The normalized spacial score (nSPS) is 20.0. The number of carbonyl (C=O) groups excluding carboxylic acids is 2. The number of aliphatic carboxylic acids is 1. The Morgan fingerprint density at radius 3 is 2.02 bits per heavy atom. The predicted molar refractivity (Wildman–Crippen MR) is 173 cm³/mol. The molecule has 2 fully saturated rings. The first kappa shape index (κ1) is 36.5. The van der Waals surface area contributed by atoms with Crippen LogP contribution in [0.15, 0.2) is 66.8 Å². The van der Waals surface area contributed by atoms with Gasteiger partial charge in [0.25, 0.3) is 0 Å². The highest BCUT2D eigenvalue weighted by Crippen LogP contribution is 2.42. The van der Waals surface area contributed by atoms with Crippen molar-refractivity contribution in [3.05, 3.63) is 72.4 Å². The van der Waals surface area contributed by atoms with Gasteiger partial charge in [-0.1, -0.05) is 99.4 Å². The van der Waals surface area contributed by atoms with Crippen molar-refractivity contribution in [3.8, 4) is 0 Å². The maximum absolute atomic E-state index is 12.9. The predicted octanol–water partition coefficient (Wildman–Crippen LogP) is 6.78. The van der Waals surface area contributed by atoms with Gasteiger partial charge in [0.05, 0.1) is 20.6 Å². The average Bonchev–Trinajstić information content (AvgIpc) is 3.65. The first-order valence-electron chi connectivity index (χ1n) is 16.6. The minimum Gasteiger partial charge on any atom is -0.550 e. The summed E-state index contributed by atoms with van der Waals surface area (Å²) >= 11 is 0. The number of likely N-dealkylation sites (N-methyl/N-ethyl adjacent to an activating group) is 1. The third kappa shape index (κ3) is 14.1. The molecule has 43 heavy (non-hydrogen) atoms. The van der Waals surface area contributed by atoms with E-state index in [0.717, 1.165) is 75.4 Å². The Hall–Kier alpha value is -2.70. The van der Waals surface area contributed by atoms with E-state index in [1.165, 1.54) is 25.7 Å². The van der Waals surface area contributed by atoms with Crippen molar-refractivity contribution < 1.29 is 29.0 Å². The summed E-state index contributed by atoms with van der Waals surface area (Å²) in [5.74, 6) is -1.44. The number of nitrogens with zero attached hydrogens (tertiary/aromatic N) is 1. The second kappa shape index (κ2) is 20.3. The molecule has 1 aromatic rings. The maximum Gasteiger partial charge on any atom is 0.343 e. The van der Waals surface area contributed by atoms with Crippen LogP contribution in [-0.4, -0.2) is 54.8 Å². The van der Waals surface area contributed by atoms with Crippen molar-refractivity contribution >= 4 is 11.9 Å². The molecule has 0 aromatic heterocycles. The number of hydrogen-bond acceptors (Lipinski definition) is 5. The van der Waals surface area contributed by atoms with Crippen LogP contribution in [0.2, 0.25) is 0 Å². The molecule has 240 valence electrons. The van der Waals surface area contributed by atoms with Crippen LogP contribution in [0.1, 0.15) is 109 Å². The molecule has 0 spiro atoms. The topological polar surface area (TPSA) is 86.7 Å². The minimum atomic E-state index is -1.50. The summed E-state index contributed by atoms with van der Waals surface area (Å²) in [7, 11) is 4.29. The van der Waals surface area contributed by atoms with E-state index in [-0.39, 0.29) is 18.4 Å². The lowest BCUT2D eigenvalue weighted by Crippen LogP contribution is -2.46. The van der Waals surface area contributed by atoms with E-state index in [1.54, 1.807) is 0 Å². The Morgan fingerprint density at radius 2 is 1.49 bits per heavy atom. The highest BCUT2D eigenvalue weighted by Gasteiger charge is 2.49. The molecular weight excluding hydrogens is 538 g/mol. The molecule has 3 rings (SSSR count). The fraction of sp³-hybridized carbons (Fsp3) is 0.622. The number of allylic oxidation sites excluding steroid dienone is 6. The van der Waals surface area contributed by atoms with E-state index >= 15 is 0 Å². The number of benzene rings is 1. The molecule has 6 heteroatoms. The van der Waals surface area contributed by atoms with Crippen molar-refractivity contribution in [2.75, 3.05) is 27.2 Å². The molecule has 1 saturated carbocycles. The molecule has 1 aliphatic carbocycles. The van der Waals surface area contributed by atoms with Gasteiger partial charge < -0.3 is 24.2 Å². The quantitative estimate of drug-likeness (QED) is 0.0928. The van der Waals surface area contributed by atoms with Gasteiger partial charge in [0.2, 0.25) is 0 Å². The van der Waals surface area contributed by atoms with Gasteiger partial charge in [-0.2, -0.15) is 0 Å². The number of ether oxygens (including phenoxy) is 1. The summed E-state index contributed by atoms with van der Waals surface area (Å²) in [5, 5.41) is 21.6. The van der Waals surface area contributed by atoms with Crippen molar-refractivity contribution in [1.29, 1.82) is 0 Å². The molecule has 2 aliphatic rings. The lowest BCUT2D eigenvalue weighted by Gasteiger charge is -2.33. The number of carbonyl (C=O) groups is 2. The summed E-state index contributed by atoms with van der Waals surface area (Å²) in [6.45, 7) is 4.05. The zero-order valence-electron chi connectivity index (χ0n) is 27.1. The zero-order valence-corrected chi connectivity index (χ0v) is 27.1. The number of likely N-dealkylation sites (tertiary alicyclic amines) is 1. The molecule has 1 N–H and O–H groups in total. The van der Waals surface area contributed by atoms with Crippen molar-refractivity contribution in [1.82, 2.24) is 0 Å². The molecule has 0 amide bonds. The first-order chi connectivity index (χ1) is 20.7. The van der Waals surface area contributed by atoms with Gasteiger partial charge in [0.15, 0.2) is 11.7 Å². The van der Waals surface area contributed by atoms with E-state index in [9.17, 15) is 19.8 Å². The van der Waals surface area contributed by atoms with E-state index < -0.39 is 17.5 Å². The van der Waals surface area contributed by atoms with E-state index in [2.05, 4.69) is 57.5 Å². The van der Waals surface area contributed by atoms with Crippen molar-refractivity contribution in [2.45, 2.75) is 115 Å². The number of unbranched alkanes of at least 4 members (excludes halogenated alkanes) is 5. The largest absolute Gasteiger partial charge is 0.550 e. The number of carboxylic acids is 1. The van der Waals surface area contributed by atoms with Gasteiger partial charge in [-0.15, -0.1) is 0 Å². The lowest BCUT2D eigenvalue weighted by atomic mass is 9.80. The highest BCUT2D eigenvalue weighted by molar-refractivity contribution is 5.81. The maximum atomic E-state index is 12.9. The molecular formula is C37H57NO5.